The van der Waals surface area contributed by atoms with Crippen LogP contribution >= 0.6 is 0 Å². The molecule has 0 spiro atoms. The third kappa shape index (κ3) is 2.85. The molecular weight excluding hydrogens is 140 g/mol. The van der Waals surface area contributed by atoms with Gasteiger partial charge in [-0.2, -0.15) is 0 Å². The van der Waals surface area contributed by atoms with Gasteiger partial charge in [-0.3, -0.25) is 4.79 Å². The molecule has 62 valence electrons. The maximum atomic E-state index is 10.8. The summed E-state index contributed by atoms with van der Waals surface area (Å²) in [5.74, 6) is 0.166. The fourth-order valence-electron chi connectivity index (χ4n) is 1.08. The minimum absolute atomic E-state index is 0.00231. The van der Waals surface area contributed by atoms with Crippen LogP contribution in [0.3, 0.4) is 0 Å². The van der Waals surface area contributed by atoms with Crippen LogP contribution in [-0.4, -0.2) is 17.5 Å². The molecule has 0 aliphatic heterocycles. The van der Waals surface area contributed by atoms with E-state index >= 15 is 0 Å². The van der Waals surface area contributed by atoms with Gasteiger partial charge in [0.1, 0.15) is 0 Å². The van der Waals surface area contributed by atoms with E-state index in [1.54, 1.807) is 6.08 Å². The van der Waals surface area contributed by atoms with Gasteiger partial charge in [0.05, 0.1) is 11.7 Å². The van der Waals surface area contributed by atoms with E-state index in [-0.39, 0.29) is 17.5 Å². The highest BCUT2D eigenvalue weighted by Gasteiger charge is 2.21. The molecule has 2 nitrogen and oxygen atoms in total. The van der Waals surface area contributed by atoms with Crippen LogP contribution < -0.4 is 0 Å². The van der Waals surface area contributed by atoms with Crippen molar-refractivity contribution in [3.63, 3.8) is 0 Å². The van der Waals surface area contributed by atoms with E-state index < -0.39 is 0 Å². The van der Waals surface area contributed by atoms with Gasteiger partial charge < -0.3 is 4.74 Å². The fourth-order valence-corrected chi connectivity index (χ4v) is 1.08. The first-order valence-electron chi connectivity index (χ1n) is 3.86. The molecule has 11 heavy (non-hydrogen) atoms. The summed E-state index contributed by atoms with van der Waals surface area (Å²) in [7, 11) is 0. The van der Waals surface area contributed by atoms with E-state index in [0.29, 0.717) is 6.42 Å². The van der Waals surface area contributed by atoms with Crippen molar-refractivity contribution in [1.29, 1.82) is 0 Å². The molecule has 0 radical (unpaired) electrons. The van der Waals surface area contributed by atoms with Gasteiger partial charge in [0.15, 0.2) is 5.78 Å². The summed E-state index contributed by atoms with van der Waals surface area (Å²) in [6, 6.07) is 0. The van der Waals surface area contributed by atoms with Crippen molar-refractivity contribution in [1.82, 2.24) is 0 Å². The number of allylic oxidation sites excluding steroid dienone is 1. The second kappa shape index (κ2) is 2.78. The van der Waals surface area contributed by atoms with Gasteiger partial charge in [-0.1, -0.05) is 6.08 Å². The maximum Gasteiger partial charge on any atom is 0.158 e. The summed E-state index contributed by atoms with van der Waals surface area (Å²) in [6.45, 7) is 5.97. The van der Waals surface area contributed by atoms with Gasteiger partial charge >= 0.3 is 0 Å². The Morgan fingerprint density at radius 1 is 1.55 bits per heavy atom. The zero-order valence-corrected chi connectivity index (χ0v) is 7.26. The monoisotopic (exact) mass is 154 g/mol. The smallest absolute Gasteiger partial charge is 0.158 e. The van der Waals surface area contributed by atoms with Crippen molar-refractivity contribution in [3.05, 3.63) is 12.2 Å². The van der Waals surface area contributed by atoms with Crippen molar-refractivity contribution in [2.75, 3.05) is 0 Å². The molecular formula is C9H14O2. The Kier molecular flexibility index (Phi) is 2.14. The number of carbonyl (C=O) groups excluding carboxylic acids is 1. The largest absolute Gasteiger partial charge is 0.368 e. The molecule has 1 atom stereocenters. The van der Waals surface area contributed by atoms with Crippen molar-refractivity contribution in [2.24, 2.45) is 0 Å². The molecule has 1 aliphatic rings. The van der Waals surface area contributed by atoms with Crippen molar-refractivity contribution >= 4 is 5.78 Å². The van der Waals surface area contributed by atoms with Gasteiger partial charge in [-0.25, -0.2) is 0 Å². The lowest BCUT2D eigenvalue weighted by Crippen LogP contribution is -2.25. The summed E-state index contributed by atoms with van der Waals surface area (Å²) >= 11 is 0. The van der Waals surface area contributed by atoms with Crippen LogP contribution in [-0.2, 0) is 9.53 Å². The highest BCUT2D eigenvalue weighted by molar-refractivity contribution is 5.92. The quantitative estimate of drug-likeness (QED) is 0.574. The highest BCUT2D eigenvalue weighted by Crippen LogP contribution is 2.17. The Morgan fingerprint density at radius 3 is 2.55 bits per heavy atom. The summed E-state index contributed by atoms with van der Waals surface area (Å²) < 4.78 is 5.56. The van der Waals surface area contributed by atoms with Crippen LogP contribution in [0.2, 0.25) is 0 Å². The highest BCUT2D eigenvalue weighted by atomic mass is 16.5. The Balaban J connectivity index is 2.42. The number of carbonyl (C=O) groups is 1. The first-order valence-corrected chi connectivity index (χ1v) is 3.86. The summed E-state index contributed by atoms with van der Waals surface area (Å²) in [4.78, 5) is 10.8. The Bertz CT molecular complexity index is 186. The van der Waals surface area contributed by atoms with Gasteiger partial charge in [0, 0.05) is 6.42 Å². The first-order chi connectivity index (χ1) is 4.97. The number of hydrogen-bond acceptors (Lipinski definition) is 2. The third-order valence-electron chi connectivity index (χ3n) is 1.40. The standard InChI is InChI=1S/C9H14O2/c1-9(2,3)11-8-5-4-7(10)6-8/h4-5,8H,6H2,1-3H3/t8-/m1/s1. The maximum absolute atomic E-state index is 10.8. The summed E-state index contributed by atoms with van der Waals surface area (Å²) in [5.41, 5.74) is -0.153. The second-order valence-corrected chi connectivity index (χ2v) is 3.80. The van der Waals surface area contributed by atoms with Crippen LogP contribution in [0.15, 0.2) is 12.2 Å². The van der Waals surface area contributed by atoms with Crippen LogP contribution in [0.5, 0.6) is 0 Å². The summed E-state index contributed by atoms with van der Waals surface area (Å²) in [6.07, 6.45) is 3.93. The van der Waals surface area contributed by atoms with Crippen LogP contribution in [0, 0.1) is 0 Å². The van der Waals surface area contributed by atoms with Crippen LogP contribution in [0.4, 0.5) is 0 Å². The number of rotatable bonds is 1. The lowest BCUT2D eigenvalue weighted by Gasteiger charge is -2.23. The number of ketones is 1. The Labute approximate surface area is 67.2 Å². The van der Waals surface area contributed by atoms with E-state index in [4.69, 9.17) is 4.74 Å². The zero-order chi connectivity index (χ0) is 8.48. The first kappa shape index (κ1) is 8.47. The van der Waals surface area contributed by atoms with Crippen molar-refractivity contribution in [3.8, 4) is 0 Å². The molecule has 0 fully saturated rings. The van der Waals surface area contributed by atoms with E-state index in [9.17, 15) is 4.79 Å². The average Bonchev–Trinajstić information content (AvgIpc) is 2.10. The van der Waals surface area contributed by atoms with Gasteiger partial charge in [0.2, 0.25) is 0 Å². The lowest BCUT2D eigenvalue weighted by molar-refractivity contribution is -0.117. The molecule has 2 heteroatoms. The minimum atomic E-state index is -0.153. The van der Waals surface area contributed by atoms with Gasteiger partial charge in [0.25, 0.3) is 0 Å². The molecule has 1 rings (SSSR count). The molecule has 0 heterocycles. The van der Waals surface area contributed by atoms with Crippen LogP contribution in [0.25, 0.3) is 0 Å². The van der Waals surface area contributed by atoms with E-state index in [1.807, 2.05) is 26.8 Å². The Hall–Kier alpha value is -0.630. The molecule has 0 unspecified atom stereocenters. The lowest BCUT2D eigenvalue weighted by atomic mass is 10.2. The molecule has 0 bridgehead atoms. The number of hydrogen-bond donors (Lipinski definition) is 0. The molecule has 0 saturated carbocycles. The third-order valence-corrected chi connectivity index (χ3v) is 1.40. The predicted octanol–water partition coefficient (Wildman–Crippen LogP) is 1.70. The second-order valence-electron chi connectivity index (χ2n) is 3.80. The molecule has 0 aromatic rings. The molecule has 0 N–H and O–H groups in total. The van der Waals surface area contributed by atoms with E-state index in [1.165, 1.54) is 0 Å². The SMILES string of the molecule is CC(C)(C)O[C@@H]1C=CC(=O)C1. The van der Waals surface area contributed by atoms with E-state index in [2.05, 4.69) is 0 Å². The molecule has 0 amide bonds. The predicted molar refractivity (Wildman–Crippen MR) is 43.4 cm³/mol. The molecule has 0 saturated heterocycles. The molecule has 1 aliphatic carbocycles. The minimum Gasteiger partial charge on any atom is -0.368 e. The molecule has 0 aromatic carbocycles. The zero-order valence-electron chi connectivity index (χ0n) is 7.26. The van der Waals surface area contributed by atoms with Crippen molar-refractivity contribution < 1.29 is 9.53 Å². The normalized spacial score (nSPS) is 24.6. The number of ether oxygens (including phenoxy) is 1. The average molecular weight is 154 g/mol. The fraction of sp³-hybridized carbons (Fsp3) is 0.667. The van der Waals surface area contributed by atoms with E-state index in [0.717, 1.165) is 0 Å². The Morgan fingerprint density at radius 2 is 2.18 bits per heavy atom. The van der Waals surface area contributed by atoms with Crippen LogP contribution in [0.1, 0.15) is 27.2 Å². The molecule has 0 aromatic heterocycles. The van der Waals surface area contributed by atoms with Gasteiger partial charge in [-0.15, -0.1) is 0 Å². The van der Waals surface area contributed by atoms with Gasteiger partial charge in [-0.05, 0) is 26.8 Å². The van der Waals surface area contributed by atoms with Crippen molar-refractivity contribution in [2.45, 2.75) is 38.9 Å². The topological polar surface area (TPSA) is 26.3 Å². The summed E-state index contributed by atoms with van der Waals surface area (Å²) in [5, 5.41) is 0.